The number of aryl methyl sites for hydroxylation is 1. The number of hydrogen-bond donors (Lipinski definition) is 0. The first kappa shape index (κ1) is 12.6. The van der Waals surface area contributed by atoms with Crippen LogP contribution in [0.15, 0.2) is 24.3 Å². The van der Waals surface area contributed by atoms with Crippen molar-refractivity contribution in [3.63, 3.8) is 0 Å². The molecule has 0 radical (unpaired) electrons. The number of hydrogen-bond acceptors (Lipinski definition) is 2. The predicted octanol–water partition coefficient (Wildman–Crippen LogP) is 3.57. The largest absolute Gasteiger partial charge is 0.269 e. The zero-order valence-corrected chi connectivity index (χ0v) is 8.99. The van der Waals surface area contributed by atoms with E-state index in [2.05, 4.69) is 6.92 Å². The van der Waals surface area contributed by atoms with Crippen molar-refractivity contribution >= 4 is 5.69 Å². The molecule has 0 aromatic heterocycles. The Bertz CT molecular complexity index is 284. The highest BCUT2D eigenvalue weighted by atomic mass is 16.6. The summed E-state index contributed by atoms with van der Waals surface area (Å²) in [6, 6.07) is 6.78. The zero-order valence-electron chi connectivity index (χ0n) is 8.99. The van der Waals surface area contributed by atoms with E-state index in [-0.39, 0.29) is 10.6 Å². The van der Waals surface area contributed by atoms with Gasteiger partial charge < -0.3 is 0 Å². The van der Waals surface area contributed by atoms with Crippen LogP contribution in [-0.4, -0.2) is 4.92 Å². The maximum Gasteiger partial charge on any atom is 0.269 e. The summed E-state index contributed by atoms with van der Waals surface area (Å²) in [5, 5.41) is 10.4. The summed E-state index contributed by atoms with van der Waals surface area (Å²) in [5.74, 6) is 0. The molecule has 0 spiro atoms. The molecule has 0 amide bonds. The van der Waals surface area contributed by atoms with Crippen LogP contribution >= 0.6 is 0 Å². The SMILES string of the molecule is CC.CCCc1cccc([N+](=O)[O-])c1. The van der Waals surface area contributed by atoms with E-state index in [1.807, 2.05) is 19.9 Å². The van der Waals surface area contributed by atoms with Gasteiger partial charge in [-0.2, -0.15) is 0 Å². The van der Waals surface area contributed by atoms with Gasteiger partial charge >= 0.3 is 0 Å². The van der Waals surface area contributed by atoms with E-state index >= 15 is 0 Å². The number of nitro benzene ring substituents is 1. The zero-order chi connectivity index (χ0) is 11.0. The van der Waals surface area contributed by atoms with Gasteiger partial charge in [0.05, 0.1) is 4.92 Å². The fourth-order valence-electron chi connectivity index (χ4n) is 1.11. The van der Waals surface area contributed by atoms with E-state index in [1.54, 1.807) is 12.1 Å². The lowest BCUT2D eigenvalue weighted by molar-refractivity contribution is -0.384. The lowest BCUT2D eigenvalue weighted by Crippen LogP contribution is -1.89. The maximum absolute atomic E-state index is 10.4. The topological polar surface area (TPSA) is 43.1 Å². The highest BCUT2D eigenvalue weighted by Crippen LogP contribution is 2.13. The van der Waals surface area contributed by atoms with Gasteiger partial charge in [0.15, 0.2) is 0 Å². The Hall–Kier alpha value is -1.38. The molecular weight excluding hydrogens is 178 g/mol. The Labute approximate surface area is 84.9 Å². The van der Waals surface area contributed by atoms with Gasteiger partial charge in [0.25, 0.3) is 5.69 Å². The second kappa shape index (κ2) is 7.06. The molecule has 3 nitrogen and oxygen atoms in total. The third-order valence-electron chi connectivity index (χ3n) is 1.66. The number of non-ortho nitro benzene ring substituents is 1. The summed E-state index contributed by atoms with van der Waals surface area (Å²) >= 11 is 0. The maximum atomic E-state index is 10.4. The fourth-order valence-corrected chi connectivity index (χ4v) is 1.11. The van der Waals surface area contributed by atoms with E-state index in [0.29, 0.717) is 0 Å². The van der Waals surface area contributed by atoms with Crippen LogP contribution in [0.1, 0.15) is 32.8 Å². The van der Waals surface area contributed by atoms with Gasteiger partial charge in [0.1, 0.15) is 0 Å². The van der Waals surface area contributed by atoms with Gasteiger partial charge in [0.2, 0.25) is 0 Å². The van der Waals surface area contributed by atoms with Crippen molar-refractivity contribution in [2.24, 2.45) is 0 Å². The molecule has 0 saturated heterocycles. The van der Waals surface area contributed by atoms with Crippen molar-refractivity contribution in [2.75, 3.05) is 0 Å². The second-order valence-electron chi connectivity index (χ2n) is 2.68. The molecule has 0 heterocycles. The first-order chi connectivity index (χ1) is 6.74. The van der Waals surface area contributed by atoms with Crippen LogP contribution in [0.25, 0.3) is 0 Å². The molecular formula is C11H17NO2. The molecule has 78 valence electrons. The molecule has 1 aromatic rings. The highest BCUT2D eigenvalue weighted by Gasteiger charge is 2.03. The highest BCUT2D eigenvalue weighted by molar-refractivity contribution is 5.34. The summed E-state index contributed by atoms with van der Waals surface area (Å²) in [6.07, 6.45) is 1.92. The normalized spacial score (nSPS) is 8.79. The third-order valence-corrected chi connectivity index (χ3v) is 1.66. The van der Waals surface area contributed by atoms with Crippen LogP contribution in [0.4, 0.5) is 5.69 Å². The van der Waals surface area contributed by atoms with Crippen LogP contribution in [-0.2, 0) is 6.42 Å². The molecule has 3 heteroatoms. The molecule has 14 heavy (non-hydrogen) atoms. The van der Waals surface area contributed by atoms with Crippen molar-refractivity contribution in [3.8, 4) is 0 Å². The standard InChI is InChI=1S/C9H11NO2.C2H6/c1-2-4-8-5-3-6-9(7-8)10(11)12;1-2/h3,5-7H,2,4H2,1H3;1-2H3. The molecule has 0 unspecified atom stereocenters. The van der Waals surface area contributed by atoms with Gasteiger partial charge in [-0.1, -0.05) is 39.3 Å². The Morgan fingerprint density at radius 3 is 2.50 bits per heavy atom. The van der Waals surface area contributed by atoms with E-state index in [1.165, 1.54) is 6.07 Å². The second-order valence-corrected chi connectivity index (χ2v) is 2.68. The Kier molecular flexibility index (Phi) is 6.37. The van der Waals surface area contributed by atoms with E-state index in [4.69, 9.17) is 0 Å². The summed E-state index contributed by atoms with van der Waals surface area (Å²) in [7, 11) is 0. The van der Waals surface area contributed by atoms with Gasteiger partial charge in [-0.3, -0.25) is 10.1 Å². The van der Waals surface area contributed by atoms with Gasteiger partial charge in [-0.05, 0) is 12.0 Å². The quantitative estimate of drug-likeness (QED) is 0.546. The third kappa shape index (κ3) is 4.03. The minimum Gasteiger partial charge on any atom is -0.258 e. The molecule has 0 saturated carbocycles. The molecule has 0 aliphatic heterocycles. The van der Waals surface area contributed by atoms with Gasteiger partial charge in [-0.25, -0.2) is 0 Å². The van der Waals surface area contributed by atoms with E-state index < -0.39 is 0 Å². The number of nitro groups is 1. The lowest BCUT2D eigenvalue weighted by Gasteiger charge is -1.96. The molecule has 0 atom stereocenters. The number of rotatable bonds is 3. The summed E-state index contributed by atoms with van der Waals surface area (Å²) in [4.78, 5) is 10.0. The van der Waals surface area contributed by atoms with Crippen molar-refractivity contribution in [1.29, 1.82) is 0 Å². The minimum atomic E-state index is -0.362. The molecule has 0 fully saturated rings. The average Bonchev–Trinajstić information content (AvgIpc) is 2.22. The lowest BCUT2D eigenvalue weighted by atomic mass is 10.1. The van der Waals surface area contributed by atoms with Crippen LogP contribution < -0.4 is 0 Å². The minimum absolute atomic E-state index is 0.181. The van der Waals surface area contributed by atoms with Crippen molar-refractivity contribution in [1.82, 2.24) is 0 Å². The van der Waals surface area contributed by atoms with Gasteiger partial charge in [0, 0.05) is 12.1 Å². The van der Waals surface area contributed by atoms with Crippen LogP contribution in [0, 0.1) is 10.1 Å². The smallest absolute Gasteiger partial charge is 0.258 e. The van der Waals surface area contributed by atoms with Crippen molar-refractivity contribution < 1.29 is 4.92 Å². The van der Waals surface area contributed by atoms with E-state index in [9.17, 15) is 10.1 Å². The monoisotopic (exact) mass is 195 g/mol. The van der Waals surface area contributed by atoms with Crippen LogP contribution in [0.2, 0.25) is 0 Å². The predicted molar refractivity (Wildman–Crippen MR) is 58.4 cm³/mol. The molecule has 0 N–H and O–H groups in total. The van der Waals surface area contributed by atoms with Crippen LogP contribution in [0.3, 0.4) is 0 Å². The number of benzene rings is 1. The Morgan fingerprint density at radius 1 is 1.36 bits per heavy atom. The van der Waals surface area contributed by atoms with E-state index in [0.717, 1.165) is 18.4 Å². The summed E-state index contributed by atoms with van der Waals surface area (Å²) < 4.78 is 0. The van der Waals surface area contributed by atoms with Crippen molar-refractivity contribution in [3.05, 3.63) is 39.9 Å². The Balaban J connectivity index is 0.000000791. The Morgan fingerprint density at radius 2 is 2.00 bits per heavy atom. The molecule has 1 aromatic carbocycles. The number of nitrogens with zero attached hydrogens (tertiary/aromatic N) is 1. The summed E-state index contributed by atoms with van der Waals surface area (Å²) in [5.41, 5.74) is 1.22. The molecule has 0 bridgehead atoms. The first-order valence-corrected chi connectivity index (χ1v) is 4.97. The van der Waals surface area contributed by atoms with Gasteiger partial charge in [-0.15, -0.1) is 0 Å². The molecule has 0 aliphatic rings. The van der Waals surface area contributed by atoms with Crippen LogP contribution in [0.5, 0.6) is 0 Å². The first-order valence-electron chi connectivity index (χ1n) is 4.97. The fraction of sp³-hybridized carbons (Fsp3) is 0.455. The molecule has 0 aliphatic carbocycles. The van der Waals surface area contributed by atoms with Crippen molar-refractivity contribution in [2.45, 2.75) is 33.6 Å². The summed E-state index contributed by atoms with van der Waals surface area (Å²) in [6.45, 7) is 6.05. The average molecular weight is 195 g/mol. The molecule has 1 rings (SSSR count).